The summed E-state index contributed by atoms with van der Waals surface area (Å²) < 4.78 is 5.29. The van der Waals surface area contributed by atoms with Gasteiger partial charge >= 0.3 is 5.97 Å². The van der Waals surface area contributed by atoms with Gasteiger partial charge in [0.25, 0.3) is 0 Å². The van der Waals surface area contributed by atoms with Crippen LogP contribution in [0.15, 0.2) is 30.3 Å². The van der Waals surface area contributed by atoms with E-state index >= 15 is 0 Å². The van der Waals surface area contributed by atoms with Crippen LogP contribution in [0.25, 0.3) is 6.08 Å². The number of carbonyl (C=O) groups excluding carboxylic acids is 2. The van der Waals surface area contributed by atoms with E-state index < -0.39 is 0 Å². The van der Waals surface area contributed by atoms with Crippen molar-refractivity contribution in [2.75, 3.05) is 11.9 Å². The average molecular weight is 426 g/mol. The molecule has 1 N–H and O–H groups in total. The maximum Gasteiger partial charge on any atom is 0.341 e. The zero-order valence-corrected chi connectivity index (χ0v) is 19.1. The van der Waals surface area contributed by atoms with Crippen LogP contribution in [0, 0.1) is 5.92 Å². The van der Waals surface area contributed by atoms with Gasteiger partial charge in [-0.05, 0) is 60.8 Å². The fourth-order valence-corrected chi connectivity index (χ4v) is 5.18. The molecule has 0 radical (unpaired) electrons. The van der Waals surface area contributed by atoms with E-state index in [-0.39, 0.29) is 11.9 Å². The summed E-state index contributed by atoms with van der Waals surface area (Å²) in [7, 11) is 0. The SMILES string of the molecule is CCOC(=O)c1c(NC(=O)/C=C/c2ccc(C(C)C)cc2)sc2c1CCC(CC)C2. The number of thiophene rings is 1. The van der Waals surface area contributed by atoms with E-state index in [4.69, 9.17) is 4.74 Å². The molecule has 1 amide bonds. The Hall–Kier alpha value is -2.40. The molecule has 5 heteroatoms. The summed E-state index contributed by atoms with van der Waals surface area (Å²) in [6, 6.07) is 8.19. The van der Waals surface area contributed by atoms with E-state index in [0.717, 1.165) is 36.8 Å². The van der Waals surface area contributed by atoms with E-state index in [9.17, 15) is 9.59 Å². The molecule has 0 saturated heterocycles. The van der Waals surface area contributed by atoms with Gasteiger partial charge in [0.15, 0.2) is 0 Å². The van der Waals surface area contributed by atoms with Crippen LogP contribution in [-0.4, -0.2) is 18.5 Å². The molecular weight excluding hydrogens is 394 g/mol. The molecule has 1 aliphatic rings. The molecule has 1 unspecified atom stereocenters. The number of fused-ring (bicyclic) bond motifs is 1. The highest BCUT2D eigenvalue weighted by Crippen LogP contribution is 2.40. The highest BCUT2D eigenvalue weighted by Gasteiger charge is 2.29. The van der Waals surface area contributed by atoms with Crippen LogP contribution in [-0.2, 0) is 22.4 Å². The van der Waals surface area contributed by atoms with E-state index in [1.54, 1.807) is 13.0 Å². The van der Waals surface area contributed by atoms with Crippen LogP contribution in [0.1, 0.15) is 78.4 Å². The number of carbonyl (C=O) groups is 2. The van der Waals surface area contributed by atoms with Gasteiger partial charge in [-0.15, -0.1) is 11.3 Å². The zero-order chi connectivity index (χ0) is 21.7. The summed E-state index contributed by atoms with van der Waals surface area (Å²) in [5.74, 6) is 0.542. The van der Waals surface area contributed by atoms with E-state index in [0.29, 0.717) is 29.0 Å². The standard InChI is InChI=1S/C25H31NO3S/c1-5-17-9-13-20-21(15-17)30-24(23(20)25(28)29-6-2)26-22(27)14-10-18-7-11-19(12-8-18)16(3)4/h7-8,10-12,14,16-17H,5-6,9,13,15H2,1-4H3,(H,26,27)/b14-10+. The number of esters is 1. The third-order valence-electron chi connectivity index (χ3n) is 5.69. The molecule has 1 atom stereocenters. The quantitative estimate of drug-likeness (QED) is 0.423. The van der Waals surface area contributed by atoms with Crippen molar-refractivity contribution in [2.24, 2.45) is 5.92 Å². The molecule has 3 rings (SSSR count). The van der Waals surface area contributed by atoms with Gasteiger partial charge in [-0.3, -0.25) is 4.79 Å². The predicted octanol–water partition coefficient (Wildman–Crippen LogP) is 6.22. The van der Waals surface area contributed by atoms with Gasteiger partial charge in [-0.1, -0.05) is 51.5 Å². The minimum atomic E-state index is -0.339. The lowest BCUT2D eigenvalue weighted by Gasteiger charge is -2.20. The number of ether oxygens (including phenoxy) is 1. The van der Waals surface area contributed by atoms with Gasteiger partial charge in [0.05, 0.1) is 12.2 Å². The highest BCUT2D eigenvalue weighted by molar-refractivity contribution is 7.17. The Balaban J connectivity index is 1.78. The third kappa shape index (κ3) is 5.20. The Labute approximate surface area is 183 Å². The van der Waals surface area contributed by atoms with Crippen molar-refractivity contribution in [2.45, 2.75) is 59.3 Å². The van der Waals surface area contributed by atoms with Crippen molar-refractivity contribution < 1.29 is 14.3 Å². The Morgan fingerprint density at radius 3 is 2.60 bits per heavy atom. The van der Waals surface area contributed by atoms with Crippen molar-refractivity contribution in [3.05, 3.63) is 57.5 Å². The molecule has 1 aliphatic carbocycles. The van der Waals surface area contributed by atoms with Crippen molar-refractivity contribution in [1.29, 1.82) is 0 Å². The van der Waals surface area contributed by atoms with Crippen LogP contribution in [0.2, 0.25) is 0 Å². The van der Waals surface area contributed by atoms with Crippen molar-refractivity contribution in [1.82, 2.24) is 0 Å². The normalized spacial score (nSPS) is 16.0. The molecule has 30 heavy (non-hydrogen) atoms. The predicted molar refractivity (Wildman–Crippen MR) is 124 cm³/mol. The molecular formula is C25H31NO3S. The second kappa shape index (κ2) is 10.1. The number of nitrogens with one attached hydrogen (secondary N) is 1. The Morgan fingerprint density at radius 1 is 1.23 bits per heavy atom. The van der Waals surface area contributed by atoms with E-state index in [1.165, 1.54) is 27.9 Å². The minimum absolute atomic E-state index is 0.237. The molecule has 2 aromatic rings. The lowest BCUT2D eigenvalue weighted by atomic mass is 9.85. The summed E-state index contributed by atoms with van der Waals surface area (Å²) in [6.07, 6.45) is 7.36. The van der Waals surface area contributed by atoms with Crippen LogP contribution < -0.4 is 5.32 Å². The molecule has 0 bridgehead atoms. The molecule has 1 aromatic carbocycles. The van der Waals surface area contributed by atoms with Crippen LogP contribution >= 0.6 is 11.3 Å². The van der Waals surface area contributed by atoms with Crippen LogP contribution in [0.3, 0.4) is 0 Å². The lowest BCUT2D eigenvalue weighted by molar-refractivity contribution is -0.111. The molecule has 1 heterocycles. The third-order valence-corrected chi connectivity index (χ3v) is 6.86. The van der Waals surface area contributed by atoms with Crippen LogP contribution in [0.5, 0.6) is 0 Å². The summed E-state index contributed by atoms with van der Waals surface area (Å²) in [5, 5.41) is 3.54. The number of hydrogen-bond acceptors (Lipinski definition) is 4. The number of amides is 1. The maximum absolute atomic E-state index is 12.6. The van der Waals surface area contributed by atoms with Crippen LogP contribution in [0.4, 0.5) is 5.00 Å². The van der Waals surface area contributed by atoms with Crippen molar-refractivity contribution in [3.63, 3.8) is 0 Å². The Morgan fingerprint density at radius 2 is 1.97 bits per heavy atom. The molecule has 0 fully saturated rings. The maximum atomic E-state index is 12.6. The van der Waals surface area contributed by atoms with E-state index in [2.05, 4.69) is 38.2 Å². The first-order chi connectivity index (χ1) is 14.4. The second-order valence-corrected chi connectivity index (χ2v) is 9.19. The van der Waals surface area contributed by atoms with Gasteiger partial charge in [0.1, 0.15) is 5.00 Å². The van der Waals surface area contributed by atoms with Gasteiger partial charge < -0.3 is 10.1 Å². The monoisotopic (exact) mass is 425 g/mol. The molecule has 1 aromatic heterocycles. The fourth-order valence-electron chi connectivity index (χ4n) is 3.83. The minimum Gasteiger partial charge on any atom is -0.462 e. The van der Waals surface area contributed by atoms with Gasteiger partial charge in [0.2, 0.25) is 5.91 Å². The number of benzene rings is 1. The smallest absolute Gasteiger partial charge is 0.341 e. The van der Waals surface area contributed by atoms with Gasteiger partial charge in [-0.2, -0.15) is 0 Å². The summed E-state index contributed by atoms with van der Waals surface area (Å²) in [5.41, 5.74) is 3.85. The first kappa shape index (κ1) is 22.3. The highest BCUT2D eigenvalue weighted by atomic mass is 32.1. The number of hydrogen-bond donors (Lipinski definition) is 1. The summed E-state index contributed by atoms with van der Waals surface area (Å²) >= 11 is 1.52. The summed E-state index contributed by atoms with van der Waals surface area (Å²) in [6.45, 7) is 8.64. The number of anilines is 1. The molecule has 0 saturated carbocycles. The zero-order valence-electron chi connectivity index (χ0n) is 18.3. The topological polar surface area (TPSA) is 55.4 Å². The van der Waals surface area contributed by atoms with Gasteiger partial charge in [0, 0.05) is 11.0 Å². The number of rotatable bonds is 7. The lowest BCUT2D eigenvalue weighted by Crippen LogP contribution is -2.16. The summed E-state index contributed by atoms with van der Waals surface area (Å²) in [4.78, 5) is 26.4. The molecule has 0 spiro atoms. The molecule has 160 valence electrons. The van der Waals surface area contributed by atoms with Gasteiger partial charge in [-0.25, -0.2) is 4.79 Å². The Kier molecular flexibility index (Phi) is 7.48. The first-order valence-corrected chi connectivity index (χ1v) is 11.6. The Bertz CT molecular complexity index is 925. The van der Waals surface area contributed by atoms with Crippen molar-refractivity contribution >= 4 is 34.3 Å². The largest absolute Gasteiger partial charge is 0.462 e. The van der Waals surface area contributed by atoms with Crippen molar-refractivity contribution in [3.8, 4) is 0 Å². The second-order valence-electron chi connectivity index (χ2n) is 8.09. The molecule has 0 aliphatic heterocycles. The first-order valence-electron chi connectivity index (χ1n) is 10.8. The van der Waals surface area contributed by atoms with E-state index in [1.807, 2.05) is 12.1 Å². The molecule has 4 nitrogen and oxygen atoms in total. The average Bonchev–Trinajstić information content (AvgIpc) is 3.09. The fraction of sp³-hybridized carbons (Fsp3) is 0.440.